The summed E-state index contributed by atoms with van der Waals surface area (Å²) in [5, 5.41) is 3.66. The van der Waals surface area contributed by atoms with Crippen LogP contribution < -0.4 is 5.32 Å². The molecule has 0 unspecified atom stereocenters. The van der Waals surface area contributed by atoms with Gasteiger partial charge in [0.2, 0.25) is 0 Å². The van der Waals surface area contributed by atoms with Crippen LogP contribution >= 0.6 is 0 Å². The average molecular weight is 367 g/mol. The molecule has 6 nitrogen and oxygen atoms in total. The van der Waals surface area contributed by atoms with E-state index >= 15 is 0 Å². The first-order valence-corrected chi connectivity index (χ1v) is 10.1. The van der Waals surface area contributed by atoms with Crippen molar-refractivity contribution in [1.82, 2.24) is 24.8 Å². The summed E-state index contributed by atoms with van der Waals surface area (Å²) in [6.45, 7) is 6.88. The number of nitrogens with zero attached hydrogens (tertiary/aromatic N) is 5. The molecule has 2 fully saturated rings. The van der Waals surface area contributed by atoms with Crippen molar-refractivity contribution in [3.63, 3.8) is 0 Å². The molecule has 0 saturated carbocycles. The maximum absolute atomic E-state index is 4.75. The minimum absolute atomic E-state index is 0.493. The summed E-state index contributed by atoms with van der Waals surface area (Å²) in [6.07, 6.45) is 8.56. The minimum atomic E-state index is 0.493. The molecule has 0 amide bonds. The van der Waals surface area contributed by atoms with Gasteiger partial charge in [-0.25, -0.2) is 9.97 Å². The van der Waals surface area contributed by atoms with E-state index in [0.717, 1.165) is 28.9 Å². The van der Waals surface area contributed by atoms with Crippen molar-refractivity contribution in [2.24, 2.45) is 0 Å². The first-order chi connectivity index (χ1) is 13.2. The van der Waals surface area contributed by atoms with Crippen molar-refractivity contribution >= 4 is 5.82 Å². The Balaban J connectivity index is 1.36. The predicted octanol–water partition coefficient (Wildman–Crippen LogP) is 2.82. The number of aromatic nitrogens is 3. The lowest BCUT2D eigenvalue weighted by molar-refractivity contribution is 0.0993. The molecule has 27 heavy (non-hydrogen) atoms. The molecule has 4 rings (SSSR count). The summed E-state index contributed by atoms with van der Waals surface area (Å²) in [5.41, 5.74) is 2.00. The number of rotatable bonds is 4. The van der Waals surface area contributed by atoms with Crippen LogP contribution in [-0.2, 0) is 0 Å². The zero-order valence-electron chi connectivity index (χ0n) is 16.4. The Hall–Kier alpha value is -2.05. The normalized spacial score (nSPS) is 20.7. The molecule has 144 valence electrons. The number of piperidine rings is 2. The van der Waals surface area contributed by atoms with Gasteiger partial charge in [0.15, 0.2) is 5.82 Å². The number of likely N-dealkylation sites (tertiary alicyclic amines) is 2. The van der Waals surface area contributed by atoms with Crippen molar-refractivity contribution in [2.75, 3.05) is 38.5 Å². The zero-order chi connectivity index (χ0) is 18.6. The van der Waals surface area contributed by atoms with Gasteiger partial charge in [0.05, 0.1) is 0 Å². The molecular weight excluding hydrogens is 336 g/mol. The standard InChI is InChI=1S/C21H30N6/c1-16-15-20(25-21(23-16)17-3-9-22-10-4-17)24-18-5-13-27(14-6-18)19-7-11-26(2)12-8-19/h3-4,9-10,15,18-19H,5-8,11-14H2,1-2H3,(H,23,24,25). The highest BCUT2D eigenvalue weighted by Crippen LogP contribution is 2.23. The third kappa shape index (κ3) is 4.62. The zero-order valence-corrected chi connectivity index (χ0v) is 16.4. The Kier molecular flexibility index (Phi) is 5.64. The third-order valence-corrected chi connectivity index (χ3v) is 5.88. The molecule has 0 spiro atoms. The maximum atomic E-state index is 4.75. The van der Waals surface area contributed by atoms with Crippen LogP contribution in [-0.4, -0.2) is 70.1 Å². The Morgan fingerprint density at radius 2 is 1.67 bits per heavy atom. The van der Waals surface area contributed by atoms with Crippen molar-refractivity contribution < 1.29 is 0 Å². The second-order valence-corrected chi connectivity index (χ2v) is 7.94. The molecule has 2 aliphatic heterocycles. The van der Waals surface area contributed by atoms with Gasteiger partial charge in [-0.05, 0) is 64.9 Å². The van der Waals surface area contributed by atoms with Crippen LogP contribution in [0.2, 0.25) is 0 Å². The molecule has 2 saturated heterocycles. The van der Waals surface area contributed by atoms with Crippen LogP contribution in [0.5, 0.6) is 0 Å². The average Bonchev–Trinajstić information content (AvgIpc) is 2.69. The SMILES string of the molecule is Cc1cc(NC2CCN(C3CCN(C)CC3)CC2)nc(-c2ccncc2)n1. The number of anilines is 1. The summed E-state index contributed by atoms with van der Waals surface area (Å²) in [5.74, 6) is 1.70. The van der Waals surface area contributed by atoms with Gasteiger partial charge in [0, 0.05) is 54.9 Å². The summed E-state index contributed by atoms with van der Waals surface area (Å²) in [7, 11) is 2.23. The molecule has 0 aliphatic carbocycles. The Morgan fingerprint density at radius 1 is 0.963 bits per heavy atom. The van der Waals surface area contributed by atoms with Gasteiger partial charge in [0.1, 0.15) is 5.82 Å². The first kappa shape index (κ1) is 18.3. The van der Waals surface area contributed by atoms with E-state index in [1.807, 2.05) is 25.1 Å². The highest BCUT2D eigenvalue weighted by molar-refractivity contribution is 5.56. The van der Waals surface area contributed by atoms with Crippen LogP contribution in [0.1, 0.15) is 31.4 Å². The quantitative estimate of drug-likeness (QED) is 0.898. The van der Waals surface area contributed by atoms with Crippen LogP contribution in [0.3, 0.4) is 0 Å². The second kappa shape index (κ2) is 8.31. The number of hydrogen-bond donors (Lipinski definition) is 1. The van der Waals surface area contributed by atoms with Crippen LogP contribution in [0, 0.1) is 6.92 Å². The molecule has 2 aromatic heterocycles. The summed E-state index contributed by atoms with van der Waals surface area (Å²) in [6, 6.07) is 7.24. The topological polar surface area (TPSA) is 57.2 Å². The molecule has 4 heterocycles. The molecular formula is C21H30N6. The monoisotopic (exact) mass is 366 g/mol. The van der Waals surface area contributed by atoms with Crippen molar-refractivity contribution in [1.29, 1.82) is 0 Å². The number of aryl methyl sites for hydroxylation is 1. The van der Waals surface area contributed by atoms with Gasteiger partial charge >= 0.3 is 0 Å². The molecule has 1 N–H and O–H groups in total. The van der Waals surface area contributed by atoms with Gasteiger partial charge in [-0.1, -0.05) is 0 Å². The fourth-order valence-corrected chi connectivity index (χ4v) is 4.25. The van der Waals surface area contributed by atoms with Gasteiger partial charge in [-0.15, -0.1) is 0 Å². The summed E-state index contributed by atoms with van der Waals surface area (Å²) in [4.78, 5) is 18.6. The maximum Gasteiger partial charge on any atom is 0.161 e. The number of hydrogen-bond acceptors (Lipinski definition) is 6. The van der Waals surface area contributed by atoms with Crippen molar-refractivity contribution in [3.05, 3.63) is 36.3 Å². The summed E-state index contributed by atoms with van der Waals surface area (Å²) < 4.78 is 0. The van der Waals surface area contributed by atoms with E-state index < -0.39 is 0 Å². The molecule has 0 bridgehead atoms. The van der Waals surface area contributed by atoms with Gasteiger partial charge in [0.25, 0.3) is 0 Å². The smallest absolute Gasteiger partial charge is 0.161 e. The lowest BCUT2D eigenvalue weighted by Crippen LogP contribution is -2.48. The van der Waals surface area contributed by atoms with Gasteiger partial charge in [-0.3, -0.25) is 4.98 Å². The van der Waals surface area contributed by atoms with E-state index in [1.54, 1.807) is 12.4 Å². The van der Waals surface area contributed by atoms with Crippen LogP contribution in [0.4, 0.5) is 5.82 Å². The fraction of sp³-hybridized carbons (Fsp3) is 0.571. The molecule has 0 atom stereocenters. The molecule has 2 aromatic rings. The van der Waals surface area contributed by atoms with E-state index in [4.69, 9.17) is 4.98 Å². The highest BCUT2D eigenvalue weighted by Gasteiger charge is 2.27. The Morgan fingerprint density at radius 3 is 2.37 bits per heavy atom. The molecule has 0 aromatic carbocycles. The third-order valence-electron chi connectivity index (χ3n) is 5.88. The van der Waals surface area contributed by atoms with Crippen LogP contribution in [0.15, 0.2) is 30.6 Å². The van der Waals surface area contributed by atoms with Crippen molar-refractivity contribution in [2.45, 2.75) is 44.7 Å². The van der Waals surface area contributed by atoms with E-state index in [-0.39, 0.29) is 0 Å². The summed E-state index contributed by atoms with van der Waals surface area (Å²) >= 11 is 0. The molecule has 2 aliphatic rings. The van der Waals surface area contributed by atoms with E-state index in [2.05, 4.69) is 32.1 Å². The first-order valence-electron chi connectivity index (χ1n) is 10.1. The van der Waals surface area contributed by atoms with Gasteiger partial charge < -0.3 is 15.1 Å². The Labute approximate surface area is 162 Å². The number of nitrogens with one attached hydrogen (secondary N) is 1. The lowest BCUT2D eigenvalue weighted by Gasteiger charge is -2.41. The fourth-order valence-electron chi connectivity index (χ4n) is 4.25. The Bertz CT molecular complexity index is 734. The van der Waals surface area contributed by atoms with E-state index in [0.29, 0.717) is 6.04 Å². The predicted molar refractivity (Wildman–Crippen MR) is 109 cm³/mol. The van der Waals surface area contributed by atoms with E-state index in [9.17, 15) is 0 Å². The molecule has 6 heteroatoms. The number of pyridine rings is 1. The van der Waals surface area contributed by atoms with Crippen molar-refractivity contribution in [3.8, 4) is 11.4 Å². The van der Waals surface area contributed by atoms with Crippen LogP contribution in [0.25, 0.3) is 11.4 Å². The highest BCUT2D eigenvalue weighted by atomic mass is 15.2. The van der Waals surface area contributed by atoms with E-state index in [1.165, 1.54) is 51.9 Å². The largest absolute Gasteiger partial charge is 0.367 e. The lowest BCUT2D eigenvalue weighted by atomic mass is 9.98. The van der Waals surface area contributed by atoms with Gasteiger partial charge in [-0.2, -0.15) is 0 Å². The second-order valence-electron chi connectivity index (χ2n) is 7.94. The molecule has 0 radical (unpaired) electrons. The minimum Gasteiger partial charge on any atom is -0.367 e.